The van der Waals surface area contributed by atoms with E-state index in [0.717, 1.165) is 46.7 Å². The van der Waals surface area contributed by atoms with Crippen LogP contribution in [-0.4, -0.2) is 27.4 Å². The number of amides is 1. The van der Waals surface area contributed by atoms with Crippen molar-refractivity contribution in [1.82, 2.24) is 20.3 Å². The molecular weight excluding hydrogens is 372 g/mol. The highest BCUT2D eigenvalue weighted by Crippen LogP contribution is 2.37. The van der Waals surface area contributed by atoms with E-state index in [1.807, 2.05) is 35.9 Å². The van der Waals surface area contributed by atoms with E-state index in [1.165, 1.54) is 0 Å². The molecule has 1 heterocycles. The fourth-order valence-electron chi connectivity index (χ4n) is 3.93. The number of benzene rings is 2. The maximum atomic E-state index is 12.1. The lowest BCUT2D eigenvalue weighted by molar-refractivity contribution is -0.124. The maximum Gasteiger partial charge on any atom is 0.223 e. The second-order valence-electron chi connectivity index (χ2n) is 7.21. The average Bonchev–Trinajstić information content (AvgIpc) is 3.38. The van der Waals surface area contributed by atoms with Crippen LogP contribution in [0.5, 0.6) is 0 Å². The van der Waals surface area contributed by atoms with Gasteiger partial charge in [-0.3, -0.25) is 4.79 Å². The molecule has 1 aliphatic rings. The third-order valence-corrected chi connectivity index (χ3v) is 5.66. The van der Waals surface area contributed by atoms with E-state index < -0.39 is 0 Å². The van der Waals surface area contributed by atoms with Gasteiger partial charge in [0.15, 0.2) is 0 Å². The number of hydrogen-bond donors (Lipinski definition) is 1. The molecular formula is C22H23ClN4O. The first-order chi connectivity index (χ1) is 13.7. The molecule has 5 nitrogen and oxygen atoms in total. The summed E-state index contributed by atoms with van der Waals surface area (Å²) in [5.41, 5.74) is 4.33. The number of carbonyl (C=O) groups excluding carboxylic acids is 1. The molecule has 6 heteroatoms. The Bertz CT molecular complexity index is 949. The minimum absolute atomic E-state index is 0.0641. The number of hydrogen-bond acceptors (Lipinski definition) is 3. The smallest absolute Gasteiger partial charge is 0.223 e. The van der Waals surface area contributed by atoms with Crippen LogP contribution in [0.2, 0.25) is 5.02 Å². The fraction of sp³-hybridized carbons (Fsp3) is 0.318. The van der Waals surface area contributed by atoms with Crippen molar-refractivity contribution in [3.63, 3.8) is 0 Å². The summed E-state index contributed by atoms with van der Waals surface area (Å²) in [5, 5.41) is 12.1. The Labute approximate surface area is 169 Å². The van der Waals surface area contributed by atoms with Crippen molar-refractivity contribution in [3.05, 3.63) is 59.8 Å². The van der Waals surface area contributed by atoms with E-state index in [9.17, 15) is 4.79 Å². The quantitative estimate of drug-likeness (QED) is 0.679. The zero-order chi connectivity index (χ0) is 19.5. The van der Waals surface area contributed by atoms with Crippen LogP contribution >= 0.6 is 11.6 Å². The minimum Gasteiger partial charge on any atom is -0.356 e. The van der Waals surface area contributed by atoms with Gasteiger partial charge in [-0.15, -0.1) is 5.10 Å². The molecule has 1 amide bonds. The third-order valence-electron chi connectivity index (χ3n) is 5.41. The topological polar surface area (TPSA) is 59.8 Å². The van der Waals surface area contributed by atoms with Crippen molar-refractivity contribution in [2.24, 2.45) is 5.92 Å². The molecule has 0 radical (unpaired) electrons. The van der Waals surface area contributed by atoms with E-state index in [4.69, 9.17) is 11.6 Å². The van der Waals surface area contributed by atoms with Crippen LogP contribution in [0.3, 0.4) is 0 Å². The lowest BCUT2D eigenvalue weighted by atomic mass is 10.0. The third kappa shape index (κ3) is 3.80. The molecule has 28 heavy (non-hydrogen) atoms. The zero-order valence-corrected chi connectivity index (χ0v) is 16.6. The molecule has 144 valence electrons. The molecule has 2 atom stereocenters. The number of aromatic nitrogens is 3. The second-order valence-corrected chi connectivity index (χ2v) is 7.64. The van der Waals surface area contributed by atoms with E-state index >= 15 is 0 Å². The molecule has 3 aromatic rings. The van der Waals surface area contributed by atoms with Crippen LogP contribution in [0.1, 0.15) is 32.2 Å². The number of rotatable bonds is 5. The second kappa shape index (κ2) is 8.15. The summed E-state index contributed by atoms with van der Waals surface area (Å²) >= 11 is 5.98. The van der Waals surface area contributed by atoms with Gasteiger partial charge >= 0.3 is 0 Å². The molecule has 1 fully saturated rings. The highest BCUT2D eigenvalue weighted by molar-refractivity contribution is 6.30. The molecule has 1 saturated carbocycles. The Morgan fingerprint density at radius 2 is 1.71 bits per heavy atom. The molecule has 0 saturated heterocycles. The van der Waals surface area contributed by atoms with E-state index in [1.54, 1.807) is 6.20 Å². The highest BCUT2D eigenvalue weighted by atomic mass is 35.5. The fourth-order valence-corrected chi connectivity index (χ4v) is 4.06. The normalized spacial score (nSPS) is 18.9. The van der Waals surface area contributed by atoms with Gasteiger partial charge in [0.2, 0.25) is 5.91 Å². The molecule has 1 aromatic heterocycles. The van der Waals surface area contributed by atoms with Gasteiger partial charge in [0, 0.05) is 23.0 Å². The monoisotopic (exact) mass is 394 g/mol. The van der Waals surface area contributed by atoms with Crippen LogP contribution in [-0.2, 0) is 4.79 Å². The molecule has 0 aliphatic heterocycles. The van der Waals surface area contributed by atoms with Crippen LogP contribution in [0, 0.1) is 5.92 Å². The van der Waals surface area contributed by atoms with Crippen LogP contribution < -0.4 is 5.32 Å². The van der Waals surface area contributed by atoms with Gasteiger partial charge in [-0.25, -0.2) is 4.68 Å². The van der Waals surface area contributed by atoms with Crippen LogP contribution in [0.4, 0.5) is 0 Å². The Balaban J connectivity index is 1.53. The maximum absolute atomic E-state index is 12.1. The molecule has 4 rings (SSSR count). The van der Waals surface area contributed by atoms with Gasteiger partial charge in [0.1, 0.15) is 0 Å². The Kier molecular flexibility index (Phi) is 5.44. The molecule has 1 N–H and O–H groups in total. The van der Waals surface area contributed by atoms with E-state index in [0.29, 0.717) is 6.54 Å². The predicted molar refractivity (Wildman–Crippen MR) is 111 cm³/mol. The van der Waals surface area contributed by atoms with Gasteiger partial charge in [-0.2, -0.15) is 0 Å². The van der Waals surface area contributed by atoms with Gasteiger partial charge in [0.25, 0.3) is 0 Å². The largest absolute Gasteiger partial charge is 0.356 e. The van der Waals surface area contributed by atoms with Gasteiger partial charge in [-0.1, -0.05) is 53.2 Å². The number of halogens is 1. The number of carbonyl (C=O) groups is 1. The zero-order valence-electron chi connectivity index (χ0n) is 15.8. The number of nitrogens with zero attached hydrogens (tertiary/aromatic N) is 3. The van der Waals surface area contributed by atoms with Gasteiger partial charge < -0.3 is 5.32 Å². The van der Waals surface area contributed by atoms with Crippen molar-refractivity contribution in [2.75, 3.05) is 6.54 Å². The Morgan fingerprint density at radius 3 is 2.39 bits per heavy atom. The molecule has 2 aromatic carbocycles. The lowest BCUT2D eigenvalue weighted by Crippen LogP contribution is -2.29. The predicted octanol–water partition coefficient (Wildman–Crippen LogP) is 4.74. The van der Waals surface area contributed by atoms with Crippen LogP contribution in [0.25, 0.3) is 22.4 Å². The first-order valence-electron chi connectivity index (χ1n) is 9.70. The van der Waals surface area contributed by atoms with Crippen LogP contribution in [0.15, 0.2) is 54.7 Å². The van der Waals surface area contributed by atoms with Crippen molar-refractivity contribution in [1.29, 1.82) is 0 Å². The molecule has 1 aliphatic carbocycles. The summed E-state index contributed by atoms with van der Waals surface area (Å²) in [6.07, 6.45) is 4.45. The summed E-state index contributed by atoms with van der Waals surface area (Å²) in [5.74, 6) is 0.216. The molecule has 0 unspecified atom stereocenters. The Morgan fingerprint density at radius 1 is 1.07 bits per heavy atom. The summed E-state index contributed by atoms with van der Waals surface area (Å²) in [6, 6.07) is 16.4. The average molecular weight is 395 g/mol. The van der Waals surface area contributed by atoms with Crippen molar-refractivity contribution in [3.8, 4) is 22.4 Å². The van der Waals surface area contributed by atoms with Crippen molar-refractivity contribution in [2.45, 2.75) is 32.2 Å². The summed E-state index contributed by atoms with van der Waals surface area (Å²) < 4.78 is 1.98. The van der Waals surface area contributed by atoms with Crippen molar-refractivity contribution >= 4 is 17.5 Å². The summed E-state index contributed by atoms with van der Waals surface area (Å²) in [6.45, 7) is 2.63. The first kappa shape index (κ1) is 18.7. The standard InChI is InChI=1S/C22H23ClN4O/c1-2-24-22(28)18-9-12-20(13-18)27-21(14-25-26-27)17-5-3-15(4-6-17)16-7-10-19(23)11-8-16/h3-8,10-11,14,18,20H,2,9,12-13H2,1H3,(H,24,28)/t18-,20+/m0/s1. The highest BCUT2D eigenvalue weighted by Gasteiger charge is 2.32. The first-order valence-corrected chi connectivity index (χ1v) is 10.1. The SMILES string of the molecule is CCNC(=O)[C@H]1CC[C@@H](n2nncc2-c2ccc(-c3ccc(Cl)cc3)cc2)C1. The molecule has 0 spiro atoms. The minimum atomic E-state index is 0.0641. The lowest BCUT2D eigenvalue weighted by Gasteiger charge is -2.14. The number of nitrogens with one attached hydrogen (secondary N) is 1. The van der Waals surface area contributed by atoms with Gasteiger partial charge in [0.05, 0.1) is 17.9 Å². The summed E-state index contributed by atoms with van der Waals surface area (Å²) in [7, 11) is 0. The van der Waals surface area contributed by atoms with E-state index in [2.05, 4.69) is 39.9 Å². The Hall–Kier alpha value is -2.66. The van der Waals surface area contributed by atoms with Crippen molar-refractivity contribution < 1.29 is 4.79 Å². The van der Waals surface area contributed by atoms with Gasteiger partial charge in [-0.05, 0) is 49.4 Å². The summed E-state index contributed by atoms with van der Waals surface area (Å²) in [4.78, 5) is 12.1. The van der Waals surface area contributed by atoms with E-state index in [-0.39, 0.29) is 17.9 Å². The molecule has 0 bridgehead atoms.